The molecule has 0 unspecified atom stereocenters. The molecule has 1 N–H and O–H groups in total. The summed E-state index contributed by atoms with van der Waals surface area (Å²) in [5.41, 5.74) is 0.166. The molecule has 0 atom stereocenters. The van der Waals surface area contributed by atoms with Gasteiger partial charge in [-0.15, -0.1) is 0 Å². The SMILES string of the molecule is CCCCc1nc(-c2ccccc2)c(C(=O)O)c(=O)n1C(C)C. The molecule has 0 saturated heterocycles. The van der Waals surface area contributed by atoms with Crippen molar-refractivity contribution in [1.82, 2.24) is 9.55 Å². The Morgan fingerprint density at radius 2 is 1.91 bits per heavy atom. The number of nitrogens with zero attached hydrogens (tertiary/aromatic N) is 2. The maximum Gasteiger partial charge on any atom is 0.343 e. The zero-order valence-corrected chi connectivity index (χ0v) is 13.7. The Morgan fingerprint density at radius 1 is 1.26 bits per heavy atom. The summed E-state index contributed by atoms with van der Waals surface area (Å²) in [6.45, 7) is 5.81. The van der Waals surface area contributed by atoms with Gasteiger partial charge >= 0.3 is 5.97 Å². The van der Waals surface area contributed by atoms with Crippen LogP contribution in [0.25, 0.3) is 11.3 Å². The smallest absolute Gasteiger partial charge is 0.343 e. The number of aryl methyl sites for hydroxylation is 1. The second kappa shape index (κ2) is 7.22. The van der Waals surface area contributed by atoms with Gasteiger partial charge in [-0.3, -0.25) is 9.36 Å². The largest absolute Gasteiger partial charge is 0.477 e. The molecule has 23 heavy (non-hydrogen) atoms. The molecule has 1 aromatic heterocycles. The van der Waals surface area contributed by atoms with Gasteiger partial charge in [0.2, 0.25) is 0 Å². The average molecular weight is 314 g/mol. The molecule has 122 valence electrons. The van der Waals surface area contributed by atoms with E-state index in [9.17, 15) is 14.7 Å². The Bertz CT molecular complexity index is 749. The highest BCUT2D eigenvalue weighted by Crippen LogP contribution is 2.21. The standard InChI is InChI=1S/C18H22N2O3/c1-4-5-11-14-19-16(13-9-7-6-8-10-13)15(18(22)23)17(21)20(14)12(2)3/h6-10,12H,4-5,11H2,1-3H3,(H,22,23). The van der Waals surface area contributed by atoms with Crippen molar-refractivity contribution in [3.8, 4) is 11.3 Å². The number of aromatic carboxylic acids is 1. The van der Waals surface area contributed by atoms with Crippen LogP contribution in [0.1, 0.15) is 55.8 Å². The second-order valence-electron chi connectivity index (χ2n) is 5.80. The number of carbonyl (C=O) groups is 1. The molecule has 0 saturated carbocycles. The highest BCUT2D eigenvalue weighted by atomic mass is 16.4. The molecule has 2 rings (SSSR count). The molecule has 0 amide bonds. The second-order valence-corrected chi connectivity index (χ2v) is 5.80. The molecule has 0 spiro atoms. The summed E-state index contributed by atoms with van der Waals surface area (Å²) in [6, 6.07) is 8.88. The number of hydrogen-bond donors (Lipinski definition) is 1. The van der Waals surface area contributed by atoms with Crippen LogP contribution in [-0.4, -0.2) is 20.6 Å². The van der Waals surface area contributed by atoms with E-state index in [1.165, 1.54) is 4.57 Å². The van der Waals surface area contributed by atoms with Gasteiger partial charge in [0, 0.05) is 18.0 Å². The van der Waals surface area contributed by atoms with Crippen molar-refractivity contribution in [2.75, 3.05) is 0 Å². The Kier molecular flexibility index (Phi) is 5.32. The fraction of sp³-hybridized carbons (Fsp3) is 0.389. The first-order valence-electron chi connectivity index (χ1n) is 7.91. The molecule has 5 nitrogen and oxygen atoms in total. The van der Waals surface area contributed by atoms with Gasteiger partial charge in [0.15, 0.2) is 5.56 Å². The predicted molar refractivity (Wildman–Crippen MR) is 89.9 cm³/mol. The van der Waals surface area contributed by atoms with Gasteiger partial charge in [0.25, 0.3) is 5.56 Å². The third-order valence-electron chi connectivity index (χ3n) is 3.72. The Labute approximate surface area is 135 Å². The Balaban J connectivity index is 2.77. The van der Waals surface area contributed by atoms with Crippen molar-refractivity contribution in [1.29, 1.82) is 0 Å². The lowest BCUT2D eigenvalue weighted by molar-refractivity contribution is 0.0694. The van der Waals surface area contributed by atoms with Crippen LogP contribution in [-0.2, 0) is 6.42 Å². The number of benzene rings is 1. The normalized spacial score (nSPS) is 11.0. The molecular formula is C18H22N2O3. The highest BCUT2D eigenvalue weighted by molar-refractivity contribution is 5.94. The molecule has 1 heterocycles. The zero-order valence-electron chi connectivity index (χ0n) is 13.7. The van der Waals surface area contributed by atoms with E-state index in [1.54, 1.807) is 12.1 Å². The fourth-order valence-corrected chi connectivity index (χ4v) is 2.62. The minimum absolute atomic E-state index is 0.134. The van der Waals surface area contributed by atoms with E-state index < -0.39 is 11.5 Å². The highest BCUT2D eigenvalue weighted by Gasteiger charge is 2.23. The molecule has 5 heteroatoms. The lowest BCUT2D eigenvalue weighted by Crippen LogP contribution is -2.32. The number of rotatable bonds is 6. The van der Waals surface area contributed by atoms with Crippen LogP contribution in [0.3, 0.4) is 0 Å². The third-order valence-corrected chi connectivity index (χ3v) is 3.72. The number of carboxylic acid groups (broad SMARTS) is 1. The van der Waals surface area contributed by atoms with E-state index in [1.807, 2.05) is 32.0 Å². The van der Waals surface area contributed by atoms with Crippen LogP contribution in [0.5, 0.6) is 0 Å². The third kappa shape index (κ3) is 3.50. The van der Waals surface area contributed by atoms with Crippen molar-refractivity contribution in [2.24, 2.45) is 0 Å². The first-order chi connectivity index (χ1) is 11.0. The maximum atomic E-state index is 12.8. The van der Waals surface area contributed by atoms with E-state index in [0.29, 0.717) is 17.8 Å². The van der Waals surface area contributed by atoms with Gasteiger partial charge < -0.3 is 5.11 Å². The summed E-state index contributed by atoms with van der Waals surface area (Å²) in [7, 11) is 0. The van der Waals surface area contributed by atoms with Gasteiger partial charge in [-0.25, -0.2) is 9.78 Å². The molecule has 0 aliphatic rings. The Hall–Kier alpha value is -2.43. The summed E-state index contributed by atoms with van der Waals surface area (Å²) in [4.78, 5) is 29.0. The van der Waals surface area contributed by atoms with E-state index in [4.69, 9.17) is 0 Å². The lowest BCUT2D eigenvalue weighted by atomic mass is 10.1. The van der Waals surface area contributed by atoms with Crippen LogP contribution in [0.2, 0.25) is 0 Å². The number of hydrogen-bond acceptors (Lipinski definition) is 3. The monoisotopic (exact) mass is 314 g/mol. The Morgan fingerprint density at radius 3 is 2.43 bits per heavy atom. The summed E-state index contributed by atoms with van der Waals surface area (Å²) in [5, 5.41) is 9.53. The molecule has 0 aliphatic carbocycles. The molecule has 0 radical (unpaired) electrons. The lowest BCUT2D eigenvalue weighted by Gasteiger charge is -2.18. The van der Waals surface area contributed by atoms with Gasteiger partial charge in [0.1, 0.15) is 5.82 Å². The minimum atomic E-state index is -1.24. The van der Waals surface area contributed by atoms with Crippen molar-refractivity contribution in [2.45, 2.75) is 46.1 Å². The van der Waals surface area contributed by atoms with Crippen molar-refractivity contribution in [3.63, 3.8) is 0 Å². The van der Waals surface area contributed by atoms with E-state index in [0.717, 1.165) is 12.8 Å². The first kappa shape index (κ1) is 16.9. The van der Waals surface area contributed by atoms with Crippen molar-refractivity contribution < 1.29 is 9.90 Å². The van der Waals surface area contributed by atoms with Crippen LogP contribution in [0.15, 0.2) is 35.1 Å². The maximum absolute atomic E-state index is 12.8. The molecule has 0 bridgehead atoms. The zero-order chi connectivity index (χ0) is 17.0. The molecule has 2 aromatic rings. The van der Waals surface area contributed by atoms with Crippen molar-refractivity contribution in [3.05, 3.63) is 52.1 Å². The summed E-state index contributed by atoms with van der Waals surface area (Å²) in [5.74, 6) is -0.589. The van der Waals surface area contributed by atoms with Crippen molar-refractivity contribution >= 4 is 5.97 Å². The van der Waals surface area contributed by atoms with Gasteiger partial charge in [-0.05, 0) is 20.3 Å². The average Bonchev–Trinajstić information content (AvgIpc) is 2.52. The summed E-state index contributed by atoms with van der Waals surface area (Å²) >= 11 is 0. The van der Waals surface area contributed by atoms with Crippen LogP contribution in [0, 0.1) is 0 Å². The molecular weight excluding hydrogens is 292 g/mol. The molecule has 0 fully saturated rings. The number of carboxylic acids is 1. The number of aromatic nitrogens is 2. The summed E-state index contributed by atoms with van der Waals surface area (Å²) in [6.07, 6.45) is 2.54. The van der Waals surface area contributed by atoms with Gasteiger partial charge in [-0.2, -0.15) is 0 Å². The summed E-state index contributed by atoms with van der Waals surface area (Å²) < 4.78 is 1.51. The quantitative estimate of drug-likeness (QED) is 0.885. The fourth-order valence-electron chi connectivity index (χ4n) is 2.62. The number of unbranched alkanes of at least 4 members (excludes halogenated alkanes) is 1. The van der Waals surface area contributed by atoms with Crippen LogP contribution < -0.4 is 5.56 Å². The van der Waals surface area contributed by atoms with E-state index in [-0.39, 0.29) is 17.3 Å². The van der Waals surface area contributed by atoms with E-state index in [2.05, 4.69) is 11.9 Å². The van der Waals surface area contributed by atoms with Gasteiger partial charge in [-0.1, -0.05) is 43.7 Å². The van der Waals surface area contributed by atoms with E-state index >= 15 is 0 Å². The van der Waals surface area contributed by atoms with Crippen LogP contribution in [0.4, 0.5) is 0 Å². The first-order valence-corrected chi connectivity index (χ1v) is 7.91. The molecule has 1 aromatic carbocycles. The topological polar surface area (TPSA) is 72.2 Å². The minimum Gasteiger partial charge on any atom is -0.477 e. The molecule has 0 aliphatic heterocycles. The van der Waals surface area contributed by atoms with Gasteiger partial charge in [0.05, 0.1) is 5.69 Å². The predicted octanol–water partition coefficient (Wildman–Crippen LogP) is 3.53. The van der Waals surface area contributed by atoms with Crippen LogP contribution >= 0.6 is 0 Å².